The summed E-state index contributed by atoms with van der Waals surface area (Å²) >= 11 is 0. The van der Waals surface area contributed by atoms with E-state index in [0.717, 1.165) is 11.3 Å². The van der Waals surface area contributed by atoms with Gasteiger partial charge in [-0.05, 0) is 48.0 Å². The lowest BCUT2D eigenvalue weighted by Gasteiger charge is -2.12. The first-order valence-corrected chi connectivity index (χ1v) is 10.8. The van der Waals surface area contributed by atoms with Crippen molar-refractivity contribution in [3.05, 3.63) is 101 Å². The number of anilines is 1. The molecule has 2 N–H and O–H groups in total. The summed E-state index contributed by atoms with van der Waals surface area (Å²) < 4.78 is 5.14. The van der Waals surface area contributed by atoms with Crippen LogP contribution in [-0.4, -0.2) is 38.1 Å². The number of benzene rings is 3. The van der Waals surface area contributed by atoms with Crippen molar-refractivity contribution in [2.45, 2.75) is 6.92 Å². The summed E-state index contributed by atoms with van der Waals surface area (Å²) in [5, 5.41) is 6.64. The maximum atomic E-state index is 12.9. The minimum absolute atomic E-state index is 0.0156. The normalized spacial score (nSPS) is 11.1. The summed E-state index contributed by atoms with van der Waals surface area (Å²) in [6.07, 6.45) is 2.93. The van der Waals surface area contributed by atoms with Gasteiger partial charge in [0.05, 0.1) is 6.21 Å². The van der Waals surface area contributed by atoms with Gasteiger partial charge in [-0.15, -0.1) is 0 Å². The average Bonchev–Trinajstić information content (AvgIpc) is 2.85. The Labute approximate surface area is 203 Å². The van der Waals surface area contributed by atoms with Crippen LogP contribution in [0.3, 0.4) is 0 Å². The fourth-order valence-corrected chi connectivity index (χ4v) is 3.03. The van der Waals surface area contributed by atoms with Crippen molar-refractivity contribution < 1.29 is 19.1 Å². The fourth-order valence-electron chi connectivity index (χ4n) is 3.03. The molecular weight excluding hydrogens is 444 g/mol. The highest BCUT2D eigenvalue weighted by Gasteiger charge is 2.14. The molecule has 178 valence electrons. The van der Waals surface area contributed by atoms with Crippen LogP contribution in [0.15, 0.2) is 89.7 Å². The van der Waals surface area contributed by atoms with Crippen molar-refractivity contribution in [2.75, 3.05) is 19.0 Å². The van der Waals surface area contributed by atoms with E-state index in [-0.39, 0.29) is 5.70 Å². The molecule has 8 heteroatoms. The van der Waals surface area contributed by atoms with Gasteiger partial charge in [-0.2, -0.15) is 5.10 Å². The van der Waals surface area contributed by atoms with Crippen molar-refractivity contribution in [3.8, 4) is 5.75 Å². The smallest absolute Gasteiger partial charge is 0.308 e. The maximum Gasteiger partial charge on any atom is 0.308 e. The van der Waals surface area contributed by atoms with Crippen molar-refractivity contribution in [1.82, 2.24) is 10.7 Å². The molecule has 0 spiro atoms. The van der Waals surface area contributed by atoms with Crippen LogP contribution in [0, 0.1) is 0 Å². The van der Waals surface area contributed by atoms with Gasteiger partial charge >= 0.3 is 5.97 Å². The second-order valence-electron chi connectivity index (χ2n) is 7.69. The fraction of sp³-hybridized carbons (Fsp3) is 0.111. The van der Waals surface area contributed by atoms with Gasteiger partial charge in [0.15, 0.2) is 0 Å². The van der Waals surface area contributed by atoms with E-state index in [2.05, 4.69) is 15.8 Å². The first-order valence-electron chi connectivity index (χ1n) is 10.8. The summed E-state index contributed by atoms with van der Waals surface area (Å²) in [6, 6.07) is 22.9. The Hall–Kier alpha value is -4.72. The maximum absolute atomic E-state index is 12.9. The van der Waals surface area contributed by atoms with E-state index >= 15 is 0 Å². The second-order valence-corrected chi connectivity index (χ2v) is 7.69. The third-order valence-corrected chi connectivity index (χ3v) is 4.79. The zero-order valence-electron chi connectivity index (χ0n) is 19.7. The molecule has 2 amide bonds. The Morgan fingerprint density at radius 2 is 1.54 bits per heavy atom. The third-order valence-electron chi connectivity index (χ3n) is 4.79. The van der Waals surface area contributed by atoms with Crippen LogP contribution in [0.5, 0.6) is 5.75 Å². The highest BCUT2D eigenvalue weighted by Crippen LogP contribution is 2.16. The van der Waals surface area contributed by atoms with Crippen LogP contribution >= 0.6 is 0 Å². The van der Waals surface area contributed by atoms with E-state index < -0.39 is 17.8 Å². The molecule has 3 aromatic carbocycles. The largest absolute Gasteiger partial charge is 0.426 e. The predicted molar refractivity (Wildman–Crippen MR) is 136 cm³/mol. The number of hydrogen-bond acceptors (Lipinski definition) is 6. The van der Waals surface area contributed by atoms with Gasteiger partial charge in [-0.1, -0.05) is 42.5 Å². The Kier molecular flexibility index (Phi) is 8.50. The van der Waals surface area contributed by atoms with Gasteiger partial charge in [-0.25, -0.2) is 5.43 Å². The summed E-state index contributed by atoms with van der Waals surface area (Å²) in [6.45, 7) is 1.30. The number of rotatable bonds is 8. The lowest BCUT2D eigenvalue weighted by molar-refractivity contribution is -0.131. The van der Waals surface area contributed by atoms with Crippen LogP contribution in [0.1, 0.15) is 28.4 Å². The van der Waals surface area contributed by atoms with Crippen molar-refractivity contribution >= 4 is 35.8 Å². The molecular formula is C27H26N4O4. The Balaban J connectivity index is 1.82. The van der Waals surface area contributed by atoms with Gasteiger partial charge in [0, 0.05) is 37.8 Å². The lowest BCUT2D eigenvalue weighted by atomic mass is 10.1. The van der Waals surface area contributed by atoms with Gasteiger partial charge in [0.25, 0.3) is 11.8 Å². The monoisotopic (exact) mass is 470 g/mol. The molecule has 0 aliphatic heterocycles. The van der Waals surface area contributed by atoms with Gasteiger partial charge in [0.2, 0.25) is 0 Å². The number of hydrazone groups is 1. The van der Waals surface area contributed by atoms with Crippen molar-refractivity contribution in [3.63, 3.8) is 0 Å². The molecule has 0 unspecified atom stereocenters. The van der Waals surface area contributed by atoms with E-state index in [1.165, 1.54) is 13.1 Å². The molecule has 0 bridgehead atoms. The zero-order chi connectivity index (χ0) is 25.2. The average molecular weight is 471 g/mol. The minimum Gasteiger partial charge on any atom is -0.426 e. The van der Waals surface area contributed by atoms with E-state index in [4.69, 9.17) is 4.74 Å². The molecule has 35 heavy (non-hydrogen) atoms. The Morgan fingerprint density at radius 1 is 0.886 bits per heavy atom. The first kappa shape index (κ1) is 24.9. The minimum atomic E-state index is -0.618. The molecule has 0 radical (unpaired) electrons. The van der Waals surface area contributed by atoms with Crippen LogP contribution in [0.25, 0.3) is 6.08 Å². The van der Waals surface area contributed by atoms with Crippen molar-refractivity contribution in [2.24, 2.45) is 5.10 Å². The number of hydrogen-bond donors (Lipinski definition) is 2. The SMILES string of the molecule is CC(=O)Oc1ccccc1/C=N/NC(=O)/C(=C\c1ccc(N(C)C)cc1)NC(=O)c1ccccc1. The Morgan fingerprint density at radius 3 is 2.20 bits per heavy atom. The molecule has 0 fully saturated rings. The first-order chi connectivity index (χ1) is 16.8. The predicted octanol–water partition coefficient (Wildman–Crippen LogP) is 3.60. The topological polar surface area (TPSA) is 100 Å². The number of nitrogens with zero attached hydrogens (tertiary/aromatic N) is 2. The Bertz CT molecular complexity index is 1250. The van der Waals surface area contributed by atoms with E-state index in [9.17, 15) is 14.4 Å². The number of amides is 2. The van der Waals surface area contributed by atoms with Gasteiger partial charge in [0.1, 0.15) is 11.4 Å². The number of para-hydroxylation sites is 1. The van der Waals surface area contributed by atoms with Crippen molar-refractivity contribution in [1.29, 1.82) is 0 Å². The van der Waals surface area contributed by atoms with E-state index in [1.807, 2.05) is 43.3 Å². The third kappa shape index (κ3) is 7.40. The number of ether oxygens (including phenoxy) is 1. The number of esters is 1. The van der Waals surface area contributed by atoms with Crippen LogP contribution in [0.4, 0.5) is 5.69 Å². The van der Waals surface area contributed by atoms with Gasteiger partial charge < -0.3 is 15.0 Å². The van der Waals surface area contributed by atoms with E-state index in [0.29, 0.717) is 16.9 Å². The molecule has 3 rings (SSSR count). The highest BCUT2D eigenvalue weighted by atomic mass is 16.5. The highest BCUT2D eigenvalue weighted by molar-refractivity contribution is 6.05. The summed E-state index contributed by atoms with van der Waals surface area (Å²) in [5.74, 6) is -1.20. The zero-order valence-corrected chi connectivity index (χ0v) is 19.7. The molecule has 0 aliphatic carbocycles. The molecule has 0 aromatic heterocycles. The number of carbonyl (C=O) groups excluding carboxylic acids is 3. The second kappa shape index (κ2) is 11.9. The molecule has 0 saturated carbocycles. The molecule has 8 nitrogen and oxygen atoms in total. The molecule has 0 saturated heterocycles. The standard InChI is InChI=1S/C27H26N4O4/c1-19(32)35-25-12-8-7-11-22(25)18-28-30-27(34)24(29-26(33)21-9-5-4-6-10-21)17-20-13-15-23(16-14-20)31(2)3/h4-18H,1-3H3,(H,29,33)(H,30,34)/b24-17+,28-18+. The molecule has 0 aliphatic rings. The van der Waals surface area contributed by atoms with Crippen LogP contribution in [0.2, 0.25) is 0 Å². The molecule has 0 heterocycles. The van der Waals surface area contributed by atoms with Crippen LogP contribution in [-0.2, 0) is 9.59 Å². The number of nitrogens with one attached hydrogen (secondary N) is 2. The van der Waals surface area contributed by atoms with E-state index in [1.54, 1.807) is 60.7 Å². The van der Waals surface area contributed by atoms with Gasteiger partial charge in [-0.3, -0.25) is 14.4 Å². The molecule has 0 atom stereocenters. The summed E-state index contributed by atoms with van der Waals surface area (Å²) in [5.41, 5.74) is 5.06. The summed E-state index contributed by atoms with van der Waals surface area (Å²) in [7, 11) is 3.86. The quantitative estimate of drug-likeness (QED) is 0.172. The van der Waals surface area contributed by atoms with Crippen LogP contribution < -0.4 is 20.4 Å². The lowest BCUT2D eigenvalue weighted by Crippen LogP contribution is -2.32. The number of carbonyl (C=O) groups is 3. The summed E-state index contributed by atoms with van der Waals surface area (Å²) in [4.78, 5) is 38.9. The molecule has 3 aromatic rings.